The number of carboxylic acid groups (broad SMARTS) is 4. The zero-order valence-electron chi connectivity index (χ0n) is 13.4. The molecule has 0 saturated heterocycles. The summed E-state index contributed by atoms with van der Waals surface area (Å²) in [5.41, 5.74) is 0. The third kappa shape index (κ3) is 25.6. The van der Waals surface area contributed by atoms with E-state index in [4.69, 9.17) is 20.4 Å². The molecule has 0 amide bonds. The molecule has 0 saturated carbocycles. The van der Waals surface area contributed by atoms with Crippen molar-refractivity contribution in [3.05, 3.63) is 0 Å². The smallest absolute Gasteiger partial charge is 0.317 e. The Morgan fingerprint density at radius 2 is 0.720 bits per heavy atom. The van der Waals surface area contributed by atoms with Gasteiger partial charge in [0.05, 0.1) is 26.2 Å². The van der Waals surface area contributed by atoms with E-state index < -0.39 is 50.1 Å². The Labute approximate surface area is 175 Å². The largest absolute Gasteiger partial charge is 0.480 e. The van der Waals surface area contributed by atoms with E-state index in [0.717, 1.165) is 9.80 Å². The molecule has 15 heteroatoms. The van der Waals surface area contributed by atoms with Crippen molar-refractivity contribution in [1.82, 2.24) is 9.80 Å². The second kappa shape index (κ2) is 21.2. The van der Waals surface area contributed by atoms with Crippen LogP contribution in [0.25, 0.3) is 0 Å². The molecule has 0 spiro atoms. The number of rotatable bonds is 11. The van der Waals surface area contributed by atoms with E-state index in [1.54, 1.807) is 0 Å². The van der Waals surface area contributed by atoms with Gasteiger partial charge >= 0.3 is 23.9 Å². The first kappa shape index (κ1) is 39.3. The maximum Gasteiger partial charge on any atom is 0.317 e. The van der Waals surface area contributed by atoms with Crippen LogP contribution in [0.1, 0.15) is 0 Å². The first-order chi connectivity index (χ1) is 9.20. The molecule has 0 aliphatic heterocycles. The van der Waals surface area contributed by atoms with Crippen LogP contribution in [-0.2, 0) is 36.2 Å². The van der Waals surface area contributed by atoms with Crippen molar-refractivity contribution < 1.29 is 73.1 Å². The third-order valence-electron chi connectivity index (χ3n) is 2.17. The Morgan fingerprint density at radius 1 is 0.560 bits per heavy atom. The first-order valence-electron chi connectivity index (χ1n) is 5.52. The van der Waals surface area contributed by atoms with Crippen molar-refractivity contribution in [2.75, 3.05) is 39.3 Å². The average Bonchev–Trinajstić information content (AvgIpc) is 2.22. The maximum absolute atomic E-state index is 10.6. The predicted molar refractivity (Wildman–Crippen MR) is 80.0 cm³/mol. The molecule has 1 radical (unpaired) electrons. The second-order valence-electron chi connectivity index (χ2n) is 4.00. The van der Waals surface area contributed by atoms with Crippen molar-refractivity contribution in [3.63, 3.8) is 0 Å². The molecule has 0 fully saturated rings. The minimum absolute atomic E-state index is 0. The van der Waals surface area contributed by atoms with Gasteiger partial charge in [0.1, 0.15) is 0 Å². The monoisotopic (exact) mass is 425 g/mol. The molecule has 0 unspecified atom stereocenters. The number of carbonyl (C=O) groups is 4. The molecule has 0 aromatic heterocycles. The fourth-order valence-electron chi connectivity index (χ4n) is 1.48. The molecular formula is C10H22FeN2NaO11. The van der Waals surface area contributed by atoms with E-state index in [-0.39, 0.29) is 76.1 Å². The summed E-state index contributed by atoms with van der Waals surface area (Å²) >= 11 is 0. The van der Waals surface area contributed by atoms with Crippen molar-refractivity contribution in [3.8, 4) is 0 Å². The zero-order valence-corrected chi connectivity index (χ0v) is 16.5. The first-order valence-corrected chi connectivity index (χ1v) is 5.52. The zero-order chi connectivity index (χ0) is 15.7. The predicted octanol–water partition coefficient (Wildman–Crippen LogP) is -4.93. The number of hydrogen-bond acceptors (Lipinski definition) is 6. The van der Waals surface area contributed by atoms with Crippen LogP contribution in [0.4, 0.5) is 0 Å². The van der Waals surface area contributed by atoms with Crippen LogP contribution < -0.4 is 0 Å². The molecule has 10 N–H and O–H groups in total. The minimum atomic E-state index is -1.23. The molecule has 25 heavy (non-hydrogen) atoms. The van der Waals surface area contributed by atoms with Crippen molar-refractivity contribution in [2.45, 2.75) is 0 Å². The number of hydrogen-bond donors (Lipinski definition) is 4. The molecule has 0 bridgehead atoms. The van der Waals surface area contributed by atoms with Crippen molar-refractivity contribution >= 4 is 53.4 Å². The fraction of sp³-hybridized carbons (Fsp3) is 0.600. The molecule has 0 aromatic rings. The van der Waals surface area contributed by atoms with Gasteiger partial charge in [0.25, 0.3) is 0 Å². The van der Waals surface area contributed by atoms with Gasteiger partial charge < -0.3 is 36.9 Å². The van der Waals surface area contributed by atoms with Crippen molar-refractivity contribution in [1.29, 1.82) is 0 Å². The number of nitrogens with zero attached hydrogens (tertiary/aromatic N) is 2. The number of aliphatic carboxylic acids is 4. The molecule has 13 nitrogen and oxygen atoms in total. The van der Waals surface area contributed by atoms with E-state index in [0.29, 0.717) is 0 Å². The van der Waals surface area contributed by atoms with Gasteiger partial charge in [0.2, 0.25) is 0 Å². The van der Waals surface area contributed by atoms with E-state index in [9.17, 15) is 19.2 Å². The quantitative estimate of drug-likeness (QED) is 0.229. The topological polar surface area (TPSA) is 250 Å². The van der Waals surface area contributed by atoms with Crippen molar-refractivity contribution in [2.24, 2.45) is 0 Å². The molecule has 0 aliphatic rings. The molecule has 147 valence electrons. The van der Waals surface area contributed by atoms with E-state index in [1.165, 1.54) is 0 Å². The third-order valence-corrected chi connectivity index (χ3v) is 2.17. The Bertz CT molecular complexity index is 331. The Balaban J connectivity index is -0.000000180. The van der Waals surface area contributed by atoms with Gasteiger partial charge in [-0.05, 0) is 0 Å². The Hall–Kier alpha value is -0.801. The Morgan fingerprint density at radius 3 is 0.840 bits per heavy atom. The summed E-state index contributed by atoms with van der Waals surface area (Å²) in [7, 11) is 0. The van der Waals surface area contributed by atoms with Gasteiger partial charge in [-0.15, -0.1) is 0 Å². The van der Waals surface area contributed by atoms with E-state index >= 15 is 0 Å². The number of carboxylic acids is 4. The summed E-state index contributed by atoms with van der Waals surface area (Å²) in [6.45, 7) is -2.25. The van der Waals surface area contributed by atoms with Gasteiger partial charge in [-0.2, -0.15) is 0 Å². The average molecular weight is 425 g/mol. The van der Waals surface area contributed by atoms with Gasteiger partial charge in [-0.1, -0.05) is 0 Å². The second-order valence-corrected chi connectivity index (χ2v) is 4.00. The standard InChI is InChI=1S/C10H16N2O8.Fe.Na.3H2O/c13-7(14)3-11(4-8(15)16)1-2-12(5-9(17)18)6-10(19)20;;;;;/h1-6H2,(H,13,14)(H,15,16)(H,17,18)(H,19,20);;;3*1H2. The van der Waals surface area contributed by atoms with Gasteiger partial charge in [0.15, 0.2) is 0 Å². The van der Waals surface area contributed by atoms with Gasteiger partial charge in [0, 0.05) is 59.7 Å². The summed E-state index contributed by atoms with van der Waals surface area (Å²) in [6, 6.07) is 0. The normalized spacial score (nSPS) is 8.56. The van der Waals surface area contributed by atoms with Crippen LogP contribution in [0.3, 0.4) is 0 Å². The van der Waals surface area contributed by atoms with Crippen LogP contribution in [-0.4, -0.2) is 139 Å². The Kier molecular flexibility index (Phi) is 33.4. The van der Waals surface area contributed by atoms with Crippen LogP contribution in [0.5, 0.6) is 0 Å². The van der Waals surface area contributed by atoms with Crippen LogP contribution >= 0.6 is 0 Å². The summed E-state index contributed by atoms with van der Waals surface area (Å²) < 4.78 is 0. The molecule has 0 aromatic carbocycles. The van der Waals surface area contributed by atoms with Crippen LogP contribution in [0.15, 0.2) is 0 Å². The summed E-state index contributed by atoms with van der Waals surface area (Å²) in [4.78, 5) is 44.4. The van der Waals surface area contributed by atoms with E-state index in [1.807, 2.05) is 0 Å². The van der Waals surface area contributed by atoms with E-state index in [2.05, 4.69) is 0 Å². The van der Waals surface area contributed by atoms with Crippen LogP contribution in [0, 0.1) is 0 Å². The van der Waals surface area contributed by atoms with Crippen LogP contribution in [0.2, 0.25) is 0 Å². The summed E-state index contributed by atoms with van der Waals surface area (Å²) in [5, 5.41) is 34.5. The minimum Gasteiger partial charge on any atom is -0.480 e. The molecular weight excluding hydrogens is 403 g/mol. The molecule has 0 atom stereocenters. The maximum atomic E-state index is 10.6. The summed E-state index contributed by atoms with van der Waals surface area (Å²) in [6.07, 6.45) is 0. The van der Waals surface area contributed by atoms with Gasteiger partial charge in [-0.3, -0.25) is 29.0 Å². The molecule has 0 rings (SSSR count). The van der Waals surface area contributed by atoms with Gasteiger partial charge in [-0.25, -0.2) is 0 Å². The molecule has 0 heterocycles. The fourth-order valence-corrected chi connectivity index (χ4v) is 1.48. The molecule has 0 aliphatic carbocycles. The SMILES string of the molecule is O.O.O.O=C(O)CN(CCN(CC(=O)O)CC(=O)O)CC(=O)O.[Fe].[Na]. The summed E-state index contributed by atoms with van der Waals surface area (Å²) in [5.74, 6) is -4.91.